The average Bonchev–Trinajstić information content (AvgIpc) is 3.03. The van der Waals surface area contributed by atoms with Crippen molar-refractivity contribution < 1.29 is 10.0 Å². The van der Waals surface area contributed by atoms with Crippen molar-refractivity contribution in [2.75, 3.05) is 0 Å². The molecule has 0 radical (unpaired) electrons. The minimum atomic E-state index is -0.707. The summed E-state index contributed by atoms with van der Waals surface area (Å²) in [6.45, 7) is 0. The van der Waals surface area contributed by atoms with Gasteiger partial charge in [0.2, 0.25) is 10.9 Å². The van der Waals surface area contributed by atoms with Gasteiger partial charge >= 0.3 is 5.69 Å². The normalized spacial score (nSPS) is 11.1. The Morgan fingerprint density at radius 3 is 2.76 bits per heavy atom. The maximum absolute atomic E-state index is 10.9. The number of phenolic OH excluding ortho intramolecular Hbond substituents is 1. The Balaban J connectivity index is 1.80. The van der Waals surface area contributed by atoms with Crippen molar-refractivity contribution in [1.29, 1.82) is 0 Å². The van der Waals surface area contributed by atoms with Crippen LogP contribution in [0.5, 0.6) is 5.75 Å². The van der Waals surface area contributed by atoms with Crippen molar-refractivity contribution in [1.82, 2.24) is 10.2 Å². The number of nitrogens with zero attached hydrogens (tertiary/aromatic N) is 4. The number of phenols is 1. The molecule has 3 rings (SSSR count). The number of nitro groups is 1. The lowest BCUT2D eigenvalue weighted by Gasteiger charge is -2.00. The standard InChI is InChI=1S/C16H11ClN4O3S/c17-12-7-11(15(22)13(8-12)21(23)24)9-18-16-20-19-14(25-16)6-10-4-2-1-3-5-10/h1-5,7-9,22H,6H2. The molecule has 0 aliphatic rings. The Morgan fingerprint density at radius 2 is 2.04 bits per heavy atom. The van der Waals surface area contributed by atoms with Crippen LogP contribution in [0.4, 0.5) is 10.8 Å². The number of nitro benzene ring substituents is 1. The number of aromatic nitrogens is 2. The highest BCUT2D eigenvalue weighted by Gasteiger charge is 2.17. The molecular formula is C16H11ClN4O3S. The Hall–Kier alpha value is -2.84. The first-order valence-electron chi connectivity index (χ1n) is 7.10. The summed E-state index contributed by atoms with van der Waals surface area (Å²) in [7, 11) is 0. The average molecular weight is 375 g/mol. The van der Waals surface area contributed by atoms with E-state index in [2.05, 4.69) is 15.2 Å². The van der Waals surface area contributed by atoms with E-state index in [0.29, 0.717) is 11.6 Å². The SMILES string of the molecule is O=[N+]([O-])c1cc(Cl)cc(C=Nc2nnc(Cc3ccccc3)s2)c1O. The van der Waals surface area contributed by atoms with Crippen LogP contribution < -0.4 is 0 Å². The number of rotatable bonds is 5. The highest BCUT2D eigenvalue weighted by molar-refractivity contribution is 7.15. The molecule has 0 amide bonds. The molecule has 126 valence electrons. The van der Waals surface area contributed by atoms with Gasteiger partial charge in [-0.1, -0.05) is 53.3 Å². The van der Waals surface area contributed by atoms with E-state index < -0.39 is 16.4 Å². The first kappa shape index (κ1) is 17.0. The van der Waals surface area contributed by atoms with Crippen LogP contribution in [0.25, 0.3) is 0 Å². The highest BCUT2D eigenvalue weighted by Crippen LogP contribution is 2.32. The molecular weight excluding hydrogens is 364 g/mol. The van der Waals surface area contributed by atoms with E-state index in [-0.39, 0.29) is 10.6 Å². The summed E-state index contributed by atoms with van der Waals surface area (Å²) < 4.78 is 0. The van der Waals surface area contributed by atoms with Gasteiger partial charge in [0.15, 0.2) is 0 Å². The van der Waals surface area contributed by atoms with Crippen molar-refractivity contribution >= 4 is 40.0 Å². The summed E-state index contributed by atoms with van der Waals surface area (Å²) in [5, 5.41) is 30.2. The largest absolute Gasteiger partial charge is 0.502 e. The maximum atomic E-state index is 10.9. The van der Waals surface area contributed by atoms with Crippen molar-refractivity contribution in [3.05, 3.63) is 73.7 Å². The summed E-state index contributed by atoms with van der Waals surface area (Å²) in [5.74, 6) is -0.493. The van der Waals surface area contributed by atoms with Crippen molar-refractivity contribution in [2.24, 2.45) is 4.99 Å². The second kappa shape index (κ2) is 7.37. The predicted octanol–water partition coefficient (Wildman–Crippen LogP) is 4.15. The van der Waals surface area contributed by atoms with Crippen LogP contribution in [0.2, 0.25) is 5.02 Å². The van der Waals surface area contributed by atoms with E-state index >= 15 is 0 Å². The molecule has 0 saturated carbocycles. The molecule has 0 saturated heterocycles. The van der Waals surface area contributed by atoms with E-state index in [4.69, 9.17) is 11.6 Å². The number of aliphatic imine (C=N–C) groups is 1. The van der Waals surface area contributed by atoms with Gasteiger partial charge in [-0.15, -0.1) is 10.2 Å². The lowest BCUT2D eigenvalue weighted by Crippen LogP contribution is -1.92. The molecule has 0 aliphatic carbocycles. The molecule has 0 unspecified atom stereocenters. The lowest BCUT2D eigenvalue weighted by atomic mass is 10.2. The highest BCUT2D eigenvalue weighted by atomic mass is 35.5. The van der Waals surface area contributed by atoms with Crippen molar-refractivity contribution in [3.63, 3.8) is 0 Å². The molecule has 1 heterocycles. The van der Waals surface area contributed by atoms with E-state index in [1.807, 2.05) is 30.3 Å². The van der Waals surface area contributed by atoms with Gasteiger partial charge in [0.25, 0.3) is 0 Å². The van der Waals surface area contributed by atoms with Gasteiger partial charge in [0, 0.05) is 29.3 Å². The topological polar surface area (TPSA) is 102 Å². The van der Waals surface area contributed by atoms with Crippen LogP contribution in [0, 0.1) is 10.1 Å². The number of benzene rings is 2. The zero-order chi connectivity index (χ0) is 17.8. The molecule has 0 bridgehead atoms. The summed E-state index contributed by atoms with van der Waals surface area (Å²) >= 11 is 7.14. The summed E-state index contributed by atoms with van der Waals surface area (Å²) in [6.07, 6.45) is 1.92. The number of aromatic hydroxyl groups is 1. The molecule has 7 nitrogen and oxygen atoms in total. The van der Waals surface area contributed by atoms with E-state index in [1.165, 1.54) is 23.6 Å². The number of hydrogen-bond acceptors (Lipinski definition) is 7. The monoisotopic (exact) mass is 374 g/mol. The van der Waals surface area contributed by atoms with Gasteiger partial charge in [-0.25, -0.2) is 4.99 Å². The van der Waals surface area contributed by atoms with E-state index in [0.717, 1.165) is 16.6 Å². The maximum Gasteiger partial charge on any atom is 0.312 e. The van der Waals surface area contributed by atoms with Crippen LogP contribution in [-0.4, -0.2) is 26.4 Å². The Morgan fingerprint density at radius 1 is 1.28 bits per heavy atom. The quantitative estimate of drug-likeness (QED) is 0.410. The first-order valence-corrected chi connectivity index (χ1v) is 8.29. The predicted molar refractivity (Wildman–Crippen MR) is 96.2 cm³/mol. The molecule has 0 aliphatic heterocycles. The molecule has 0 atom stereocenters. The number of halogens is 1. The Kier molecular flexibility index (Phi) is 5.01. The molecule has 0 fully saturated rings. The van der Waals surface area contributed by atoms with Gasteiger partial charge < -0.3 is 5.11 Å². The summed E-state index contributed by atoms with van der Waals surface area (Å²) in [6, 6.07) is 12.3. The number of hydrogen-bond donors (Lipinski definition) is 1. The van der Waals surface area contributed by atoms with Gasteiger partial charge in [0.1, 0.15) is 5.01 Å². The third kappa shape index (κ3) is 4.17. The second-order valence-electron chi connectivity index (χ2n) is 5.02. The fourth-order valence-electron chi connectivity index (χ4n) is 2.11. The third-order valence-corrected chi connectivity index (χ3v) is 4.30. The third-order valence-electron chi connectivity index (χ3n) is 3.25. The van der Waals surface area contributed by atoms with Crippen LogP contribution >= 0.6 is 22.9 Å². The first-order chi connectivity index (χ1) is 12.0. The molecule has 1 N–H and O–H groups in total. The summed E-state index contributed by atoms with van der Waals surface area (Å²) in [5.41, 5.74) is 0.771. The zero-order valence-corrected chi connectivity index (χ0v) is 14.2. The van der Waals surface area contributed by atoms with E-state index in [9.17, 15) is 15.2 Å². The van der Waals surface area contributed by atoms with Crippen LogP contribution in [0.3, 0.4) is 0 Å². The van der Waals surface area contributed by atoms with Gasteiger partial charge in [-0.05, 0) is 11.6 Å². The Bertz CT molecular complexity index is 944. The Labute approximate surface area is 151 Å². The fraction of sp³-hybridized carbons (Fsp3) is 0.0625. The van der Waals surface area contributed by atoms with Crippen molar-refractivity contribution in [2.45, 2.75) is 6.42 Å². The molecule has 9 heteroatoms. The smallest absolute Gasteiger partial charge is 0.312 e. The molecule has 3 aromatic rings. The van der Waals surface area contributed by atoms with Gasteiger partial charge in [0.05, 0.1) is 4.92 Å². The minimum Gasteiger partial charge on any atom is -0.502 e. The van der Waals surface area contributed by atoms with Crippen LogP contribution in [-0.2, 0) is 6.42 Å². The molecule has 25 heavy (non-hydrogen) atoms. The van der Waals surface area contributed by atoms with Gasteiger partial charge in [-0.3, -0.25) is 10.1 Å². The van der Waals surface area contributed by atoms with Crippen molar-refractivity contribution in [3.8, 4) is 5.75 Å². The zero-order valence-electron chi connectivity index (χ0n) is 12.7. The molecule has 1 aromatic heterocycles. The molecule has 2 aromatic carbocycles. The summed E-state index contributed by atoms with van der Waals surface area (Å²) in [4.78, 5) is 14.3. The van der Waals surface area contributed by atoms with Gasteiger partial charge in [-0.2, -0.15) is 0 Å². The minimum absolute atomic E-state index is 0.132. The van der Waals surface area contributed by atoms with E-state index in [1.54, 1.807) is 0 Å². The fourth-order valence-corrected chi connectivity index (χ4v) is 3.05. The van der Waals surface area contributed by atoms with Crippen LogP contribution in [0.1, 0.15) is 16.1 Å². The van der Waals surface area contributed by atoms with Crippen LogP contribution in [0.15, 0.2) is 47.5 Å². The molecule has 0 spiro atoms. The second-order valence-corrected chi connectivity index (χ2v) is 6.50. The lowest BCUT2D eigenvalue weighted by molar-refractivity contribution is -0.385.